The molecule has 3 aromatic rings. The van der Waals surface area contributed by atoms with Crippen LogP contribution in [-0.4, -0.2) is 40.1 Å². The van der Waals surface area contributed by atoms with Crippen LogP contribution in [0.3, 0.4) is 0 Å². The molecule has 3 heterocycles. The third-order valence-electron chi connectivity index (χ3n) is 6.59. The number of carbonyl (C=O) groups is 2. The van der Waals surface area contributed by atoms with Crippen molar-refractivity contribution in [2.24, 2.45) is 0 Å². The number of likely N-dealkylation sites (tertiary alicyclic amines) is 1. The summed E-state index contributed by atoms with van der Waals surface area (Å²) in [6.45, 7) is 5.88. The largest absolute Gasteiger partial charge is 0.485 e. The summed E-state index contributed by atoms with van der Waals surface area (Å²) in [5.41, 5.74) is 1.99. The van der Waals surface area contributed by atoms with E-state index >= 15 is 0 Å². The monoisotopic (exact) mass is 515 g/mol. The number of aryl methyl sites for hydroxylation is 1. The Morgan fingerprint density at radius 2 is 1.87 bits per heavy atom. The minimum Gasteiger partial charge on any atom is -0.485 e. The van der Waals surface area contributed by atoms with Gasteiger partial charge in [0, 0.05) is 12.7 Å². The van der Waals surface area contributed by atoms with E-state index in [1.54, 1.807) is 30.6 Å². The molecule has 0 radical (unpaired) electrons. The summed E-state index contributed by atoms with van der Waals surface area (Å²) in [5, 5.41) is 1.23. The van der Waals surface area contributed by atoms with Crippen molar-refractivity contribution in [3.05, 3.63) is 84.2 Å². The first kappa shape index (κ1) is 25.6. The Bertz CT molecular complexity index is 1280. The molecule has 1 aromatic heterocycles. The van der Waals surface area contributed by atoms with Crippen LogP contribution < -0.4 is 14.6 Å². The fourth-order valence-corrected chi connectivity index (χ4v) is 4.83. The number of ether oxygens (including phenoxy) is 2. The number of rotatable bonds is 5. The Morgan fingerprint density at radius 3 is 2.61 bits per heavy atom. The zero-order valence-corrected chi connectivity index (χ0v) is 22.0. The van der Waals surface area contributed by atoms with Gasteiger partial charge in [0.1, 0.15) is 29.2 Å². The maximum absolute atomic E-state index is 13.8. The predicted molar refractivity (Wildman–Crippen MR) is 143 cm³/mol. The number of carbonyl (C=O) groups excluding carboxylic acids is 2. The third-order valence-corrected chi connectivity index (χ3v) is 6.59. The molecule has 0 bridgehead atoms. The van der Waals surface area contributed by atoms with Crippen molar-refractivity contribution in [1.82, 2.24) is 9.88 Å². The minimum atomic E-state index is -0.697. The van der Waals surface area contributed by atoms with E-state index in [0.29, 0.717) is 30.8 Å². The van der Waals surface area contributed by atoms with Gasteiger partial charge in [0.2, 0.25) is 0 Å². The molecule has 2 aliphatic heterocycles. The summed E-state index contributed by atoms with van der Waals surface area (Å²) in [6.07, 6.45) is 5.60. The van der Waals surface area contributed by atoms with Gasteiger partial charge in [-0.05, 0) is 87.9 Å². The first-order valence-corrected chi connectivity index (χ1v) is 13.0. The highest BCUT2D eigenvalue weighted by molar-refractivity contribution is 5.97. The molecule has 5 rings (SSSR count). The molecule has 0 N–H and O–H groups in total. The maximum atomic E-state index is 13.8. The van der Waals surface area contributed by atoms with Crippen LogP contribution in [0.2, 0.25) is 0 Å². The van der Waals surface area contributed by atoms with Gasteiger partial charge in [-0.3, -0.25) is 14.7 Å². The van der Waals surface area contributed by atoms with Gasteiger partial charge in [0.15, 0.2) is 5.75 Å². The lowest BCUT2D eigenvalue weighted by atomic mass is 9.97. The Balaban J connectivity index is 1.36. The second-order valence-corrected chi connectivity index (χ2v) is 10.6. The number of hydroxylamine groups is 1. The van der Waals surface area contributed by atoms with Crippen molar-refractivity contribution in [2.75, 3.05) is 11.6 Å². The molecule has 8 nitrogen and oxygen atoms in total. The van der Waals surface area contributed by atoms with Gasteiger partial charge in [-0.25, -0.2) is 4.79 Å². The van der Waals surface area contributed by atoms with Gasteiger partial charge in [-0.1, -0.05) is 30.3 Å². The Morgan fingerprint density at radius 1 is 1.05 bits per heavy atom. The van der Waals surface area contributed by atoms with Crippen LogP contribution in [0.4, 0.5) is 10.5 Å². The normalized spacial score (nSPS) is 18.8. The lowest BCUT2D eigenvalue weighted by Gasteiger charge is -2.31. The fourth-order valence-electron chi connectivity index (χ4n) is 4.83. The quantitative estimate of drug-likeness (QED) is 0.395. The predicted octanol–water partition coefficient (Wildman–Crippen LogP) is 5.87. The smallest absolute Gasteiger partial charge is 0.410 e. The fraction of sp³-hybridized carbons (Fsp3) is 0.367. The molecule has 2 atom stereocenters. The van der Waals surface area contributed by atoms with E-state index in [9.17, 15) is 9.59 Å². The molecule has 8 heteroatoms. The summed E-state index contributed by atoms with van der Waals surface area (Å²) < 4.78 is 11.8. The molecular formula is C30H33N3O5. The van der Waals surface area contributed by atoms with E-state index in [-0.39, 0.29) is 12.0 Å². The van der Waals surface area contributed by atoms with E-state index in [0.717, 1.165) is 29.7 Å². The average Bonchev–Trinajstić information content (AvgIpc) is 3.41. The third kappa shape index (κ3) is 5.74. The van der Waals surface area contributed by atoms with Crippen molar-refractivity contribution >= 4 is 17.7 Å². The number of anilines is 1. The standard InChI is InChI=1S/C30H33N3O5/c1-30(2,3)37-29(35)32-18-8-12-25(32)28(34)33(23-11-7-17-31-20-23)38-24-14-16-27-22(19-24)13-15-26(36-27)21-9-5-4-6-10-21/h4-7,9-11,14,16-17,19-20,25-26H,8,12-13,15,18H2,1-3H3. The van der Waals surface area contributed by atoms with Gasteiger partial charge in [-0.15, -0.1) is 5.06 Å². The molecule has 1 fully saturated rings. The van der Waals surface area contributed by atoms with Gasteiger partial charge in [-0.2, -0.15) is 0 Å². The second kappa shape index (κ2) is 10.7. The van der Waals surface area contributed by atoms with Crippen molar-refractivity contribution < 1.29 is 23.9 Å². The van der Waals surface area contributed by atoms with E-state index in [2.05, 4.69) is 17.1 Å². The number of pyridine rings is 1. The topological polar surface area (TPSA) is 81.2 Å². The summed E-state index contributed by atoms with van der Waals surface area (Å²) in [7, 11) is 0. The van der Waals surface area contributed by atoms with Crippen molar-refractivity contribution in [3.8, 4) is 11.5 Å². The van der Waals surface area contributed by atoms with Crippen LogP contribution in [0.25, 0.3) is 0 Å². The molecule has 0 saturated carbocycles. The highest BCUT2D eigenvalue weighted by Crippen LogP contribution is 2.37. The molecule has 198 valence electrons. The van der Waals surface area contributed by atoms with Crippen LogP contribution in [0.15, 0.2) is 73.1 Å². The number of fused-ring (bicyclic) bond motifs is 1. The van der Waals surface area contributed by atoms with E-state index in [4.69, 9.17) is 14.3 Å². The summed E-state index contributed by atoms with van der Waals surface area (Å²) in [5.74, 6) is 0.965. The Labute approximate surface area is 223 Å². The number of hydrogen-bond donors (Lipinski definition) is 0. The number of amides is 2. The Kier molecular flexibility index (Phi) is 7.22. The first-order chi connectivity index (χ1) is 18.3. The second-order valence-electron chi connectivity index (χ2n) is 10.6. The zero-order valence-electron chi connectivity index (χ0n) is 22.0. The SMILES string of the molecule is CC(C)(C)OC(=O)N1CCCC1C(=O)N(Oc1ccc2c(c1)CCC(c1ccccc1)O2)c1cccnc1. The van der Waals surface area contributed by atoms with E-state index in [1.807, 2.05) is 51.1 Å². The number of aromatic nitrogens is 1. The highest BCUT2D eigenvalue weighted by atomic mass is 16.7. The van der Waals surface area contributed by atoms with Crippen LogP contribution in [0.5, 0.6) is 11.5 Å². The summed E-state index contributed by atoms with van der Waals surface area (Å²) >= 11 is 0. The summed E-state index contributed by atoms with van der Waals surface area (Å²) in [4.78, 5) is 38.5. The van der Waals surface area contributed by atoms with Crippen LogP contribution in [0.1, 0.15) is 57.3 Å². The molecule has 1 saturated heterocycles. The van der Waals surface area contributed by atoms with Crippen LogP contribution >= 0.6 is 0 Å². The molecule has 2 amide bonds. The van der Waals surface area contributed by atoms with Crippen molar-refractivity contribution in [3.63, 3.8) is 0 Å². The van der Waals surface area contributed by atoms with Gasteiger partial charge in [0.05, 0.1) is 6.20 Å². The average molecular weight is 516 g/mol. The van der Waals surface area contributed by atoms with Gasteiger partial charge in [0.25, 0.3) is 5.91 Å². The van der Waals surface area contributed by atoms with Crippen molar-refractivity contribution in [1.29, 1.82) is 0 Å². The van der Waals surface area contributed by atoms with Gasteiger partial charge < -0.3 is 14.3 Å². The van der Waals surface area contributed by atoms with Gasteiger partial charge >= 0.3 is 6.09 Å². The molecule has 2 unspecified atom stereocenters. The zero-order chi connectivity index (χ0) is 26.7. The minimum absolute atomic E-state index is 0.00476. The molecule has 38 heavy (non-hydrogen) atoms. The molecule has 2 aliphatic rings. The number of nitrogens with zero attached hydrogens (tertiary/aromatic N) is 3. The number of hydrogen-bond acceptors (Lipinski definition) is 6. The molecular weight excluding hydrogens is 482 g/mol. The first-order valence-electron chi connectivity index (χ1n) is 13.0. The van der Waals surface area contributed by atoms with Crippen LogP contribution in [0, 0.1) is 0 Å². The maximum Gasteiger partial charge on any atom is 0.410 e. The molecule has 0 aliphatic carbocycles. The lowest BCUT2D eigenvalue weighted by molar-refractivity contribution is -0.127. The lowest BCUT2D eigenvalue weighted by Crippen LogP contribution is -2.50. The number of benzene rings is 2. The molecule has 2 aromatic carbocycles. The highest BCUT2D eigenvalue weighted by Gasteiger charge is 2.40. The van der Waals surface area contributed by atoms with E-state index in [1.165, 1.54) is 9.96 Å². The molecule has 0 spiro atoms. The van der Waals surface area contributed by atoms with Crippen molar-refractivity contribution in [2.45, 2.75) is 64.2 Å². The summed E-state index contributed by atoms with van der Waals surface area (Å²) in [6, 6.07) is 18.6. The van der Waals surface area contributed by atoms with Crippen LogP contribution in [-0.2, 0) is 16.0 Å². The van der Waals surface area contributed by atoms with E-state index < -0.39 is 17.7 Å². The Hall–Kier alpha value is -4.07.